The summed E-state index contributed by atoms with van der Waals surface area (Å²) in [5.74, 6) is 0.170. The number of nitrogens with one attached hydrogen (secondary N) is 1. The second-order valence-corrected chi connectivity index (χ2v) is 4.65. The molecule has 1 amide bonds. The van der Waals surface area contributed by atoms with Crippen molar-refractivity contribution in [2.24, 2.45) is 0 Å². The number of hydrogen-bond donors (Lipinski definition) is 3. The maximum Gasteiger partial charge on any atom is 0.412 e. The summed E-state index contributed by atoms with van der Waals surface area (Å²) in [7, 11) is 0. The fourth-order valence-corrected chi connectivity index (χ4v) is 1.92. The van der Waals surface area contributed by atoms with Gasteiger partial charge in [-0.25, -0.2) is 4.79 Å². The van der Waals surface area contributed by atoms with Crippen LogP contribution in [0, 0.1) is 6.92 Å². The largest absolute Gasteiger partial charge is 0.504 e. The van der Waals surface area contributed by atoms with Crippen molar-refractivity contribution in [2.45, 2.75) is 13.3 Å². The Hall–Kier alpha value is -2.69. The minimum absolute atomic E-state index is 0.146. The predicted octanol–water partition coefficient (Wildman–Crippen LogP) is 2.74. The van der Waals surface area contributed by atoms with Crippen LogP contribution in [-0.4, -0.2) is 22.9 Å². The van der Waals surface area contributed by atoms with E-state index in [0.717, 1.165) is 11.1 Å². The standard InChI is InChI=1S/C16H17NO4/c1-11-9-14(18)15(19)10-12(11)7-8-17-16(20)21-13-5-3-2-4-6-13/h2-6,9-10,18-19H,7-8H2,1H3,(H,17,20). The normalized spacial score (nSPS) is 10.1. The van der Waals surface area contributed by atoms with Gasteiger partial charge >= 0.3 is 6.09 Å². The first-order valence-corrected chi connectivity index (χ1v) is 6.58. The second kappa shape index (κ2) is 6.65. The van der Waals surface area contributed by atoms with E-state index in [0.29, 0.717) is 18.7 Å². The van der Waals surface area contributed by atoms with Gasteiger partial charge in [0.1, 0.15) is 5.75 Å². The highest BCUT2D eigenvalue weighted by molar-refractivity contribution is 5.70. The lowest BCUT2D eigenvalue weighted by Crippen LogP contribution is -2.28. The number of carbonyl (C=O) groups excluding carboxylic acids is 1. The van der Waals surface area contributed by atoms with Crippen LogP contribution in [0.1, 0.15) is 11.1 Å². The first kappa shape index (κ1) is 14.7. The molecule has 0 aliphatic heterocycles. The van der Waals surface area contributed by atoms with Crippen molar-refractivity contribution in [1.29, 1.82) is 0 Å². The average molecular weight is 287 g/mol. The molecule has 2 aromatic rings. The molecule has 0 unspecified atom stereocenters. The molecule has 0 aliphatic carbocycles. The minimum atomic E-state index is -0.526. The van der Waals surface area contributed by atoms with Gasteiger partial charge in [0.15, 0.2) is 11.5 Å². The molecule has 0 aliphatic rings. The zero-order valence-corrected chi connectivity index (χ0v) is 11.7. The fourth-order valence-electron chi connectivity index (χ4n) is 1.92. The number of amides is 1. The molecule has 0 saturated heterocycles. The Labute approximate surface area is 122 Å². The highest BCUT2D eigenvalue weighted by Gasteiger charge is 2.07. The zero-order valence-electron chi connectivity index (χ0n) is 11.7. The molecule has 0 saturated carbocycles. The Morgan fingerprint density at radius 3 is 2.52 bits per heavy atom. The van der Waals surface area contributed by atoms with E-state index in [9.17, 15) is 15.0 Å². The molecule has 5 nitrogen and oxygen atoms in total. The molecule has 0 spiro atoms. The zero-order chi connectivity index (χ0) is 15.2. The van der Waals surface area contributed by atoms with Crippen molar-refractivity contribution in [2.75, 3.05) is 6.54 Å². The van der Waals surface area contributed by atoms with Crippen molar-refractivity contribution >= 4 is 6.09 Å². The molecule has 0 aromatic heterocycles. The average Bonchev–Trinajstić information content (AvgIpc) is 2.45. The van der Waals surface area contributed by atoms with E-state index in [-0.39, 0.29) is 11.5 Å². The highest BCUT2D eigenvalue weighted by Crippen LogP contribution is 2.28. The summed E-state index contributed by atoms with van der Waals surface area (Å²) < 4.78 is 5.09. The van der Waals surface area contributed by atoms with Crippen LogP contribution in [0.25, 0.3) is 0 Å². The van der Waals surface area contributed by atoms with E-state index in [1.807, 2.05) is 13.0 Å². The maximum atomic E-state index is 11.6. The monoisotopic (exact) mass is 287 g/mol. The van der Waals surface area contributed by atoms with Gasteiger partial charge in [0.25, 0.3) is 0 Å². The van der Waals surface area contributed by atoms with Gasteiger partial charge in [-0.3, -0.25) is 0 Å². The van der Waals surface area contributed by atoms with Gasteiger partial charge in [-0.15, -0.1) is 0 Å². The maximum absolute atomic E-state index is 11.6. The first-order valence-electron chi connectivity index (χ1n) is 6.58. The highest BCUT2D eigenvalue weighted by atomic mass is 16.6. The van der Waals surface area contributed by atoms with Crippen LogP contribution in [0.5, 0.6) is 17.2 Å². The molecule has 2 aromatic carbocycles. The van der Waals surface area contributed by atoms with Gasteiger partial charge in [0, 0.05) is 6.54 Å². The molecule has 3 N–H and O–H groups in total. The Morgan fingerprint density at radius 2 is 1.81 bits per heavy atom. The number of ether oxygens (including phenoxy) is 1. The molecule has 5 heteroatoms. The van der Waals surface area contributed by atoms with Crippen LogP contribution in [0.4, 0.5) is 4.79 Å². The van der Waals surface area contributed by atoms with Crippen molar-refractivity contribution in [3.05, 3.63) is 53.6 Å². The molecule has 0 heterocycles. The molecular formula is C16H17NO4. The van der Waals surface area contributed by atoms with Gasteiger partial charge in [0.2, 0.25) is 0 Å². The first-order chi connectivity index (χ1) is 10.1. The Bertz CT molecular complexity index is 626. The van der Waals surface area contributed by atoms with Crippen molar-refractivity contribution in [1.82, 2.24) is 5.32 Å². The van der Waals surface area contributed by atoms with Crippen molar-refractivity contribution in [3.63, 3.8) is 0 Å². The molecule has 2 rings (SSSR count). The molecule has 110 valence electrons. The van der Waals surface area contributed by atoms with Crippen LogP contribution in [0.15, 0.2) is 42.5 Å². The van der Waals surface area contributed by atoms with Crippen LogP contribution < -0.4 is 10.1 Å². The lowest BCUT2D eigenvalue weighted by atomic mass is 10.0. The summed E-state index contributed by atoms with van der Waals surface area (Å²) >= 11 is 0. The summed E-state index contributed by atoms with van der Waals surface area (Å²) in [5, 5.41) is 21.5. The number of hydrogen-bond acceptors (Lipinski definition) is 4. The topological polar surface area (TPSA) is 78.8 Å². The predicted molar refractivity (Wildman–Crippen MR) is 78.7 cm³/mol. The molecule has 0 fully saturated rings. The smallest absolute Gasteiger partial charge is 0.412 e. The number of carbonyl (C=O) groups is 1. The van der Waals surface area contributed by atoms with Crippen LogP contribution in [0.2, 0.25) is 0 Å². The molecule has 21 heavy (non-hydrogen) atoms. The minimum Gasteiger partial charge on any atom is -0.504 e. The van der Waals surface area contributed by atoms with E-state index >= 15 is 0 Å². The van der Waals surface area contributed by atoms with Gasteiger partial charge in [-0.05, 0) is 48.7 Å². The number of phenolic OH excluding ortho intramolecular Hbond substituents is 2. The van der Waals surface area contributed by atoms with Gasteiger partial charge in [-0.1, -0.05) is 18.2 Å². The van der Waals surface area contributed by atoms with E-state index < -0.39 is 6.09 Å². The SMILES string of the molecule is Cc1cc(O)c(O)cc1CCNC(=O)Oc1ccccc1. The van der Waals surface area contributed by atoms with Crippen molar-refractivity contribution in [3.8, 4) is 17.2 Å². The van der Waals surface area contributed by atoms with Crippen LogP contribution >= 0.6 is 0 Å². The number of phenols is 2. The Balaban J connectivity index is 1.84. The lowest BCUT2D eigenvalue weighted by Gasteiger charge is -2.09. The number of benzene rings is 2. The molecule has 0 bridgehead atoms. The summed E-state index contributed by atoms with van der Waals surface area (Å²) in [6, 6.07) is 11.8. The van der Waals surface area contributed by atoms with Gasteiger partial charge in [-0.2, -0.15) is 0 Å². The van der Waals surface area contributed by atoms with Gasteiger partial charge in [0.05, 0.1) is 0 Å². The number of aryl methyl sites for hydroxylation is 1. The quantitative estimate of drug-likeness (QED) is 0.755. The van der Waals surface area contributed by atoms with Crippen molar-refractivity contribution < 1.29 is 19.7 Å². The summed E-state index contributed by atoms with van der Waals surface area (Å²) in [6.45, 7) is 2.20. The van der Waals surface area contributed by atoms with E-state index in [4.69, 9.17) is 4.74 Å². The summed E-state index contributed by atoms with van der Waals surface area (Å²) in [5.41, 5.74) is 1.70. The number of rotatable bonds is 4. The molecular weight excluding hydrogens is 270 g/mol. The Kier molecular flexibility index (Phi) is 4.66. The van der Waals surface area contributed by atoms with E-state index in [1.165, 1.54) is 12.1 Å². The van der Waals surface area contributed by atoms with E-state index in [2.05, 4.69) is 5.32 Å². The molecule has 0 radical (unpaired) electrons. The third-order valence-electron chi connectivity index (χ3n) is 3.05. The van der Waals surface area contributed by atoms with Gasteiger partial charge < -0.3 is 20.3 Å². The Morgan fingerprint density at radius 1 is 1.14 bits per heavy atom. The number of aromatic hydroxyl groups is 2. The summed E-state index contributed by atoms with van der Waals surface area (Å²) in [6.07, 6.45) is 0.00525. The fraction of sp³-hybridized carbons (Fsp3) is 0.188. The van der Waals surface area contributed by atoms with Crippen LogP contribution in [0.3, 0.4) is 0 Å². The third kappa shape index (κ3) is 4.14. The van der Waals surface area contributed by atoms with E-state index in [1.54, 1.807) is 24.3 Å². The number of para-hydroxylation sites is 1. The van der Waals surface area contributed by atoms with Crippen LogP contribution in [-0.2, 0) is 6.42 Å². The summed E-state index contributed by atoms with van der Waals surface area (Å²) in [4.78, 5) is 11.6. The molecule has 0 atom stereocenters. The second-order valence-electron chi connectivity index (χ2n) is 4.65. The lowest BCUT2D eigenvalue weighted by molar-refractivity contribution is 0.200. The third-order valence-corrected chi connectivity index (χ3v) is 3.05.